The minimum Gasteiger partial charge on any atom is -0.490 e. The van der Waals surface area contributed by atoms with E-state index < -0.39 is 40.0 Å². The van der Waals surface area contributed by atoms with E-state index in [9.17, 15) is 9.59 Å². The van der Waals surface area contributed by atoms with E-state index in [1.165, 1.54) is 29.1 Å². The average Bonchev–Trinajstić information content (AvgIpc) is 3.51. The predicted octanol–water partition coefficient (Wildman–Crippen LogP) is 6.91. The summed E-state index contributed by atoms with van der Waals surface area (Å²) in [6, 6.07) is 11.5. The van der Waals surface area contributed by atoms with E-state index in [1.54, 1.807) is 26.3 Å². The van der Waals surface area contributed by atoms with Gasteiger partial charge in [0.15, 0.2) is 6.29 Å². The van der Waals surface area contributed by atoms with E-state index in [0.717, 1.165) is 42.8 Å². The number of nitrogens with zero attached hydrogens (tertiary/aromatic N) is 4. The normalized spacial score (nSPS) is 29.5. The van der Waals surface area contributed by atoms with Crippen molar-refractivity contribution < 1.29 is 37.5 Å². The molecule has 2 aliphatic heterocycles. The second-order valence-electron chi connectivity index (χ2n) is 16.1. The van der Waals surface area contributed by atoms with Crippen LogP contribution in [0.5, 0.6) is 11.6 Å². The molecular formula is C43H56ClN5O8S. The summed E-state index contributed by atoms with van der Waals surface area (Å²) in [7, 11) is 0.973. The molecule has 15 heteroatoms. The van der Waals surface area contributed by atoms with Crippen molar-refractivity contribution in [1.29, 1.82) is 0 Å². The Bertz CT molecular complexity index is 2150. The number of carbonyl (C=O) groups is 2. The second kappa shape index (κ2) is 17.7. The van der Waals surface area contributed by atoms with Gasteiger partial charge in [0.1, 0.15) is 21.2 Å². The molecule has 1 N–H and O–H groups in total. The zero-order valence-electron chi connectivity index (χ0n) is 34.3. The van der Waals surface area contributed by atoms with Crippen LogP contribution >= 0.6 is 11.6 Å². The largest absolute Gasteiger partial charge is 0.490 e. The fourth-order valence-electron chi connectivity index (χ4n) is 9.10. The highest BCUT2D eigenvalue weighted by Gasteiger charge is 2.44. The fraction of sp³-hybridized carbons (Fsp3) is 0.558. The van der Waals surface area contributed by atoms with Crippen molar-refractivity contribution in [3.8, 4) is 11.6 Å². The van der Waals surface area contributed by atoms with Crippen molar-refractivity contribution in [1.82, 2.24) is 14.5 Å². The minimum atomic E-state index is -3.80. The number of hydrogen-bond acceptors (Lipinski definition) is 10. The molecule has 13 nitrogen and oxygen atoms in total. The highest BCUT2D eigenvalue weighted by atomic mass is 35.5. The first-order chi connectivity index (χ1) is 27.9. The molecule has 3 aromatic rings. The van der Waals surface area contributed by atoms with Gasteiger partial charge < -0.3 is 28.6 Å². The fourth-order valence-corrected chi connectivity index (χ4v) is 11.2. The molecular weight excluding hydrogens is 782 g/mol. The summed E-state index contributed by atoms with van der Waals surface area (Å²) < 4.78 is 54.1. The van der Waals surface area contributed by atoms with Crippen LogP contribution in [-0.4, -0.2) is 90.6 Å². The molecule has 1 spiro atoms. The quantitative estimate of drug-likeness (QED) is 0.178. The van der Waals surface area contributed by atoms with E-state index in [-0.39, 0.29) is 40.2 Å². The highest BCUT2D eigenvalue weighted by Crippen LogP contribution is 2.47. The number of aromatic nitrogens is 2. The van der Waals surface area contributed by atoms with Gasteiger partial charge in [0, 0.05) is 62.0 Å². The molecule has 2 amide bonds. The maximum atomic E-state index is 15.1. The van der Waals surface area contributed by atoms with Gasteiger partial charge in [-0.25, -0.2) is 4.21 Å². The smallest absolute Gasteiger partial charge is 0.286 e. The van der Waals surface area contributed by atoms with E-state index in [4.69, 9.17) is 35.3 Å². The number of carbonyl (C=O) groups excluding carboxylic acids is 2. The monoisotopic (exact) mass is 837 g/mol. The van der Waals surface area contributed by atoms with Crippen molar-refractivity contribution in [2.45, 2.75) is 83.2 Å². The molecule has 7 rings (SSSR count). The number of halogens is 1. The maximum absolute atomic E-state index is 15.1. The molecule has 1 saturated carbocycles. The van der Waals surface area contributed by atoms with Crippen LogP contribution in [0, 0.1) is 17.8 Å². The second-order valence-corrected chi connectivity index (χ2v) is 18.5. The van der Waals surface area contributed by atoms with Crippen molar-refractivity contribution in [3.63, 3.8) is 0 Å². The van der Waals surface area contributed by atoms with Crippen molar-refractivity contribution >= 4 is 39.0 Å². The lowest BCUT2D eigenvalue weighted by Crippen LogP contribution is -2.49. The number of rotatable bonds is 9. The summed E-state index contributed by atoms with van der Waals surface area (Å²) in [4.78, 5) is 30.5. The summed E-state index contributed by atoms with van der Waals surface area (Å²) in [6.07, 6.45) is 9.58. The van der Waals surface area contributed by atoms with Crippen LogP contribution in [-0.2, 0) is 43.0 Å². The standard InChI is InChI=1S/C43H56ClN5O8S/c1-7-39(55-8-2)57-36-17-18-37(53-5)32-14-11-30(32)22-49-25-43(19-9-10-28-20-31(44)13-15-34(28)43)26-56-38-16-12-29(21-35(38)49)40(50)46-58(52,24-27(36)3)47-41(51)33-23-48(4)45-42(33)54-6/h12-13,15-18,20-21,23,27,30,32,36-37,39H,7-11,14,19,22,24-26H2,1-6H3,(H,46,47,50,51,52)/b18-17+/t27-,30+,32-,36+,37+,39?,43+,58?/m1/s1. The molecule has 8 atom stereocenters. The molecule has 2 aliphatic carbocycles. The number of ether oxygens (including phenoxy) is 5. The van der Waals surface area contributed by atoms with Gasteiger partial charge in [-0.1, -0.05) is 43.7 Å². The molecule has 1 fully saturated rings. The lowest BCUT2D eigenvalue weighted by atomic mass is 9.68. The summed E-state index contributed by atoms with van der Waals surface area (Å²) in [5.41, 5.74) is 3.24. The number of hydrogen-bond donors (Lipinski definition) is 1. The Hall–Kier alpha value is -3.95. The van der Waals surface area contributed by atoms with E-state index in [2.05, 4.69) is 31.2 Å². The number of fused-ring (bicyclic) bond motifs is 4. The summed E-state index contributed by atoms with van der Waals surface area (Å²) in [6.45, 7) is 8.04. The van der Waals surface area contributed by atoms with Crippen LogP contribution in [0.25, 0.3) is 0 Å². The van der Waals surface area contributed by atoms with Gasteiger partial charge in [-0.15, -0.1) is 9.46 Å². The third kappa shape index (κ3) is 8.81. The highest BCUT2D eigenvalue weighted by molar-refractivity contribution is 7.92. The third-order valence-corrected chi connectivity index (χ3v) is 14.3. The predicted molar refractivity (Wildman–Crippen MR) is 223 cm³/mol. The third-order valence-electron chi connectivity index (χ3n) is 12.2. The van der Waals surface area contributed by atoms with Gasteiger partial charge in [-0.2, -0.15) is 0 Å². The van der Waals surface area contributed by atoms with Crippen LogP contribution in [0.1, 0.15) is 84.7 Å². The first-order valence-corrected chi connectivity index (χ1v) is 22.4. The zero-order chi connectivity index (χ0) is 41.2. The van der Waals surface area contributed by atoms with Gasteiger partial charge in [0.05, 0.1) is 37.4 Å². The van der Waals surface area contributed by atoms with Crippen molar-refractivity contribution in [2.75, 3.05) is 51.2 Å². The van der Waals surface area contributed by atoms with Gasteiger partial charge in [0.25, 0.3) is 11.8 Å². The lowest BCUT2D eigenvalue weighted by molar-refractivity contribution is -0.166. The van der Waals surface area contributed by atoms with E-state index in [1.807, 2.05) is 45.1 Å². The van der Waals surface area contributed by atoms with Gasteiger partial charge in [-0.3, -0.25) is 19.0 Å². The first-order valence-electron chi connectivity index (χ1n) is 20.4. The van der Waals surface area contributed by atoms with Crippen LogP contribution in [0.3, 0.4) is 0 Å². The average molecular weight is 838 g/mol. The molecule has 2 bridgehead atoms. The Morgan fingerprint density at radius 3 is 2.67 bits per heavy atom. The lowest BCUT2D eigenvalue weighted by Gasteiger charge is -2.46. The Morgan fingerprint density at radius 2 is 1.95 bits per heavy atom. The summed E-state index contributed by atoms with van der Waals surface area (Å²) in [5.74, 6) is -0.942. The number of amides is 2. The number of methoxy groups -OCH3 is 2. The summed E-state index contributed by atoms with van der Waals surface area (Å²) >= 11 is 6.50. The SMILES string of the molecule is CCOC(CC)O[C@H]1/C=C/[C@H](OC)[C@@H]2CC[C@H]2CN2C[C@@]3(CCCc4cc(Cl)ccc43)COc3ccc(cc32)C(=O)N=S(=O)(NC(=O)c2cn(C)nc2OC)C[C@H]1C. The topological polar surface area (TPSA) is 143 Å². The minimum absolute atomic E-state index is 0.0504. The van der Waals surface area contributed by atoms with Crippen LogP contribution in [0.2, 0.25) is 5.02 Å². The first kappa shape index (κ1) is 42.2. The van der Waals surface area contributed by atoms with Gasteiger partial charge in [-0.05, 0) is 98.7 Å². The molecule has 1 aromatic heterocycles. The maximum Gasteiger partial charge on any atom is 0.286 e. The van der Waals surface area contributed by atoms with Crippen LogP contribution < -0.4 is 19.1 Å². The Balaban J connectivity index is 1.34. The molecule has 2 unspecified atom stereocenters. The number of benzene rings is 2. The molecule has 4 aliphatic rings. The number of aryl methyl sites for hydroxylation is 2. The van der Waals surface area contributed by atoms with Crippen molar-refractivity contribution in [2.24, 2.45) is 29.2 Å². The van der Waals surface area contributed by atoms with Crippen molar-refractivity contribution in [3.05, 3.63) is 82.0 Å². The zero-order valence-corrected chi connectivity index (χ0v) is 35.9. The molecule has 2 aromatic carbocycles. The van der Waals surface area contributed by atoms with Crippen LogP contribution in [0.4, 0.5) is 5.69 Å². The number of anilines is 1. The number of nitrogens with one attached hydrogen (secondary N) is 1. The van der Waals surface area contributed by atoms with Gasteiger partial charge in [0.2, 0.25) is 5.88 Å². The Morgan fingerprint density at radius 1 is 1.14 bits per heavy atom. The Labute approximate surface area is 347 Å². The van der Waals surface area contributed by atoms with E-state index >= 15 is 4.21 Å². The summed E-state index contributed by atoms with van der Waals surface area (Å²) in [5, 5.41) is 4.91. The Kier molecular flexibility index (Phi) is 12.9. The molecule has 58 heavy (non-hydrogen) atoms. The van der Waals surface area contributed by atoms with Gasteiger partial charge >= 0.3 is 0 Å². The molecule has 3 heterocycles. The van der Waals surface area contributed by atoms with Crippen LogP contribution in [0.15, 0.2) is 59.1 Å². The molecule has 314 valence electrons. The molecule has 0 radical (unpaired) electrons. The molecule has 0 saturated heterocycles. The van der Waals surface area contributed by atoms with E-state index in [0.29, 0.717) is 44.4 Å².